The van der Waals surface area contributed by atoms with Gasteiger partial charge in [-0.05, 0) is 56.7 Å². The lowest BCUT2D eigenvalue weighted by Crippen LogP contribution is -2.35. The van der Waals surface area contributed by atoms with E-state index in [9.17, 15) is 9.59 Å². The number of amides is 2. The summed E-state index contributed by atoms with van der Waals surface area (Å²) in [5, 5.41) is 6.63. The molecule has 1 fully saturated rings. The molecule has 1 aliphatic rings. The third kappa shape index (κ3) is 6.03. The van der Waals surface area contributed by atoms with E-state index in [0.29, 0.717) is 5.02 Å². The summed E-state index contributed by atoms with van der Waals surface area (Å²) in [6, 6.07) is 5.55. The molecular weight excluding hydrogens is 336 g/mol. The van der Waals surface area contributed by atoms with Crippen molar-refractivity contribution in [3.8, 4) is 0 Å². The third-order valence-corrected chi connectivity index (χ3v) is 5.39. The lowest BCUT2D eigenvalue weighted by Gasteiger charge is -2.27. The molecule has 0 saturated heterocycles. The summed E-state index contributed by atoms with van der Waals surface area (Å²) < 4.78 is 0. The average Bonchev–Trinajstić information content (AvgIpc) is 2.62. The van der Waals surface area contributed by atoms with Crippen LogP contribution in [0.15, 0.2) is 18.2 Å². The normalized spacial score (nSPS) is 20.1. The molecule has 1 aromatic rings. The van der Waals surface area contributed by atoms with Crippen molar-refractivity contribution in [1.82, 2.24) is 5.32 Å². The molecule has 0 heterocycles. The highest BCUT2D eigenvalue weighted by Crippen LogP contribution is 2.30. The zero-order valence-electron chi connectivity index (χ0n) is 15.2. The van der Waals surface area contributed by atoms with E-state index in [1.807, 2.05) is 19.1 Å². The Labute approximate surface area is 155 Å². The van der Waals surface area contributed by atoms with Crippen molar-refractivity contribution in [3.05, 3.63) is 28.8 Å². The molecule has 4 nitrogen and oxygen atoms in total. The number of unbranched alkanes of at least 4 members (excludes halogenated alkanes) is 2. The smallest absolute Gasteiger partial charge is 0.227 e. The zero-order valence-corrected chi connectivity index (χ0v) is 16.0. The number of halogens is 1. The molecule has 0 bridgehead atoms. The van der Waals surface area contributed by atoms with Crippen molar-refractivity contribution in [3.63, 3.8) is 0 Å². The molecule has 2 amide bonds. The number of carbonyl (C=O) groups is 2. The molecule has 0 radical (unpaired) electrons. The van der Waals surface area contributed by atoms with E-state index in [0.717, 1.165) is 62.7 Å². The van der Waals surface area contributed by atoms with Gasteiger partial charge in [-0.25, -0.2) is 0 Å². The first-order valence-corrected chi connectivity index (χ1v) is 9.73. The van der Waals surface area contributed by atoms with E-state index in [2.05, 4.69) is 17.6 Å². The Hall–Kier alpha value is -1.55. The van der Waals surface area contributed by atoms with Crippen LogP contribution in [0.4, 0.5) is 5.69 Å². The van der Waals surface area contributed by atoms with Crippen molar-refractivity contribution >= 4 is 29.1 Å². The third-order valence-electron chi connectivity index (χ3n) is 4.99. The summed E-state index contributed by atoms with van der Waals surface area (Å²) in [5.74, 6) is 0.214. The molecule has 25 heavy (non-hydrogen) atoms. The van der Waals surface area contributed by atoms with E-state index in [1.54, 1.807) is 6.07 Å². The molecule has 5 heteroatoms. The summed E-state index contributed by atoms with van der Waals surface area (Å²) in [7, 11) is 0. The predicted molar refractivity (Wildman–Crippen MR) is 103 cm³/mol. The minimum atomic E-state index is -0.0239. The van der Waals surface area contributed by atoms with Gasteiger partial charge in [0.2, 0.25) is 11.8 Å². The standard InChI is InChI=1S/C20H29ClN2O2/c1-3-4-5-12-22-19(24)15-7-9-16(10-8-15)20(25)23-17-11-6-14(2)18(21)13-17/h6,11,13,15-16H,3-5,7-10,12H2,1-2H3,(H,22,24)(H,23,25). The molecular formula is C20H29ClN2O2. The molecule has 0 spiro atoms. The van der Waals surface area contributed by atoms with E-state index in [-0.39, 0.29) is 23.7 Å². The van der Waals surface area contributed by atoms with E-state index in [1.165, 1.54) is 0 Å². The van der Waals surface area contributed by atoms with Crippen LogP contribution in [0.2, 0.25) is 5.02 Å². The highest BCUT2D eigenvalue weighted by molar-refractivity contribution is 6.31. The van der Waals surface area contributed by atoms with Crippen molar-refractivity contribution in [2.75, 3.05) is 11.9 Å². The summed E-state index contributed by atoms with van der Waals surface area (Å²) in [6.45, 7) is 4.85. The number of anilines is 1. The number of aryl methyl sites for hydroxylation is 1. The summed E-state index contributed by atoms with van der Waals surface area (Å²) in [4.78, 5) is 24.6. The molecule has 0 unspecified atom stereocenters. The average molecular weight is 365 g/mol. The van der Waals surface area contributed by atoms with Crippen molar-refractivity contribution in [2.24, 2.45) is 11.8 Å². The first kappa shape index (κ1) is 19.8. The van der Waals surface area contributed by atoms with Crippen molar-refractivity contribution in [1.29, 1.82) is 0 Å². The topological polar surface area (TPSA) is 58.2 Å². The lowest BCUT2D eigenvalue weighted by molar-refractivity contribution is -0.128. The van der Waals surface area contributed by atoms with Gasteiger partial charge in [-0.3, -0.25) is 9.59 Å². The molecule has 0 aliphatic heterocycles. The fourth-order valence-electron chi connectivity index (χ4n) is 3.26. The summed E-state index contributed by atoms with van der Waals surface area (Å²) in [6.07, 6.45) is 6.44. The highest BCUT2D eigenvalue weighted by Gasteiger charge is 2.29. The van der Waals surface area contributed by atoms with Gasteiger partial charge in [0.05, 0.1) is 0 Å². The van der Waals surface area contributed by atoms with Crippen LogP contribution in [0.3, 0.4) is 0 Å². The number of hydrogen-bond donors (Lipinski definition) is 2. The Morgan fingerprint density at radius 2 is 1.72 bits per heavy atom. The Bertz CT molecular complexity index is 595. The number of rotatable bonds is 7. The summed E-state index contributed by atoms with van der Waals surface area (Å²) >= 11 is 6.10. The first-order valence-electron chi connectivity index (χ1n) is 9.36. The minimum Gasteiger partial charge on any atom is -0.356 e. The number of hydrogen-bond acceptors (Lipinski definition) is 2. The van der Waals surface area contributed by atoms with Crippen LogP contribution in [0.25, 0.3) is 0 Å². The Morgan fingerprint density at radius 1 is 1.08 bits per heavy atom. The van der Waals surface area contributed by atoms with Gasteiger partial charge in [-0.15, -0.1) is 0 Å². The van der Waals surface area contributed by atoms with Crippen LogP contribution in [-0.4, -0.2) is 18.4 Å². The largest absolute Gasteiger partial charge is 0.356 e. The van der Waals surface area contributed by atoms with Gasteiger partial charge < -0.3 is 10.6 Å². The summed E-state index contributed by atoms with van der Waals surface area (Å²) in [5.41, 5.74) is 1.72. The number of benzene rings is 1. The first-order chi connectivity index (χ1) is 12.0. The quantitative estimate of drug-likeness (QED) is 0.689. The van der Waals surface area contributed by atoms with Gasteiger partial charge in [0.1, 0.15) is 0 Å². The molecule has 1 saturated carbocycles. The monoisotopic (exact) mass is 364 g/mol. The second-order valence-electron chi connectivity index (χ2n) is 7.00. The van der Waals surface area contributed by atoms with Gasteiger partial charge in [0, 0.05) is 29.1 Å². The molecule has 0 aromatic heterocycles. The zero-order chi connectivity index (χ0) is 18.2. The Balaban J connectivity index is 1.76. The van der Waals surface area contributed by atoms with E-state index < -0.39 is 0 Å². The molecule has 1 aromatic carbocycles. The Morgan fingerprint density at radius 3 is 2.32 bits per heavy atom. The maximum Gasteiger partial charge on any atom is 0.227 e. The number of carbonyl (C=O) groups excluding carboxylic acids is 2. The predicted octanol–water partition coefficient (Wildman–Crippen LogP) is 4.70. The van der Waals surface area contributed by atoms with Crippen LogP contribution in [0, 0.1) is 18.8 Å². The molecule has 2 N–H and O–H groups in total. The van der Waals surface area contributed by atoms with E-state index in [4.69, 9.17) is 11.6 Å². The van der Waals surface area contributed by atoms with Crippen LogP contribution >= 0.6 is 11.6 Å². The van der Waals surface area contributed by atoms with Gasteiger partial charge in [-0.1, -0.05) is 37.4 Å². The fourth-order valence-corrected chi connectivity index (χ4v) is 3.44. The molecule has 138 valence electrons. The van der Waals surface area contributed by atoms with Crippen LogP contribution in [-0.2, 0) is 9.59 Å². The second-order valence-corrected chi connectivity index (χ2v) is 7.41. The van der Waals surface area contributed by atoms with Gasteiger partial charge in [0.15, 0.2) is 0 Å². The van der Waals surface area contributed by atoms with Gasteiger partial charge >= 0.3 is 0 Å². The van der Waals surface area contributed by atoms with Crippen molar-refractivity contribution < 1.29 is 9.59 Å². The van der Waals surface area contributed by atoms with Crippen molar-refractivity contribution in [2.45, 2.75) is 58.8 Å². The fraction of sp³-hybridized carbons (Fsp3) is 0.600. The van der Waals surface area contributed by atoms with Crippen LogP contribution < -0.4 is 10.6 Å². The maximum atomic E-state index is 12.4. The van der Waals surface area contributed by atoms with E-state index >= 15 is 0 Å². The van der Waals surface area contributed by atoms with Crippen LogP contribution in [0.5, 0.6) is 0 Å². The Kier molecular flexibility index (Phi) is 7.76. The molecule has 0 atom stereocenters. The second kappa shape index (κ2) is 9.81. The van der Waals surface area contributed by atoms with Gasteiger partial charge in [-0.2, -0.15) is 0 Å². The molecule has 1 aliphatic carbocycles. The highest BCUT2D eigenvalue weighted by atomic mass is 35.5. The number of nitrogens with one attached hydrogen (secondary N) is 2. The van der Waals surface area contributed by atoms with Gasteiger partial charge in [0.25, 0.3) is 0 Å². The van der Waals surface area contributed by atoms with Crippen LogP contribution in [0.1, 0.15) is 57.4 Å². The molecule has 2 rings (SSSR count). The minimum absolute atomic E-state index is 0.0239. The maximum absolute atomic E-state index is 12.4. The SMILES string of the molecule is CCCCCNC(=O)C1CCC(C(=O)Nc2ccc(C)c(Cl)c2)CC1. The lowest BCUT2D eigenvalue weighted by atomic mass is 9.81.